The molecular weight excluding hydrogens is 180 g/mol. The second-order valence-corrected chi connectivity index (χ2v) is 3.39. The molecule has 2 aromatic carbocycles. The van der Waals surface area contributed by atoms with Crippen LogP contribution in [0.15, 0.2) is 42.5 Å². The van der Waals surface area contributed by atoms with Crippen LogP contribution in [0.2, 0.25) is 0 Å². The van der Waals surface area contributed by atoms with Crippen molar-refractivity contribution in [1.29, 1.82) is 0 Å². The predicted octanol–water partition coefficient (Wildman–Crippen LogP) is 4.82. The highest BCUT2D eigenvalue weighted by atomic mass is 14.0. The maximum Gasteiger partial charge on any atom is -0.0152 e. The van der Waals surface area contributed by atoms with Crippen molar-refractivity contribution in [1.82, 2.24) is 0 Å². The molecule has 0 atom stereocenters. The zero-order valence-electron chi connectivity index (χ0n) is 9.96. The fourth-order valence-corrected chi connectivity index (χ4v) is 1.78. The third kappa shape index (κ3) is 2.82. The standard InChI is InChI=1S/C13H14.C2H6/c1-2-6-11-8-5-9-12-7-3-4-10-13(11)12;1-2/h3-5,7-10H,2,6H2,1H3;1-2H3. The Morgan fingerprint density at radius 1 is 0.867 bits per heavy atom. The first-order valence-corrected chi connectivity index (χ1v) is 5.88. The number of aryl methyl sites for hydroxylation is 1. The Bertz CT molecular complexity index is 396. The van der Waals surface area contributed by atoms with Crippen molar-refractivity contribution < 1.29 is 0 Å². The third-order valence-electron chi connectivity index (χ3n) is 2.40. The van der Waals surface area contributed by atoms with Crippen molar-refractivity contribution in [3.8, 4) is 0 Å². The summed E-state index contributed by atoms with van der Waals surface area (Å²) in [6.07, 6.45) is 2.40. The summed E-state index contributed by atoms with van der Waals surface area (Å²) < 4.78 is 0. The van der Waals surface area contributed by atoms with Gasteiger partial charge < -0.3 is 0 Å². The van der Waals surface area contributed by atoms with Gasteiger partial charge in [-0.3, -0.25) is 0 Å². The van der Waals surface area contributed by atoms with Crippen molar-refractivity contribution in [3.05, 3.63) is 48.0 Å². The first-order chi connectivity index (χ1) is 7.42. The van der Waals surface area contributed by atoms with Gasteiger partial charge >= 0.3 is 0 Å². The van der Waals surface area contributed by atoms with E-state index in [0.717, 1.165) is 0 Å². The van der Waals surface area contributed by atoms with Crippen molar-refractivity contribution in [2.45, 2.75) is 33.6 Å². The first kappa shape index (κ1) is 11.8. The van der Waals surface area contributed by atoms with Crippen molar-refractivity contribution in [3.63, 3.8) is 0 Å². The van der Waals surface area contributed by atoms with Crippen LogP contribution in [0.3, 0.4) is 0 Å². The van der Waals surface area contributed by atoms with Gasteiger partial charge in [-0.05, 0) is 22.8 Å². The van der Waals surface area contributed by atoms with Gasteiger partial charge in [0.1, 0.15) is 0 Å². The summed E-state index contributed by atoms with van der Waals surface area (Å²) in [5.41, 5.74) is 1.47. The Balaban J connectivity index is 0.000000531. The lowest BCUT2D eigenvalue weighted by atomic mass is 10.0. The van der Waals surface area contributed by atoms with Crippen molar-refractivity contribution in [2.75, 3.05) is 0 Å². The van der Waals surface area contributed by atoms with Gasteiger partial charge in [0, 0.05) is 0 Å². The highest BCUT2D eigenvalue weighted by molar-refractivity contribution is 5.85. The van der Waals surface area contributed by atoms with Gasteiger partial charge in [0.2, 0.25) is 0 Å². The van der Waals surface area contributed by atoms with Crippen LogP contribution >= 0.6 is 0 Å². The van der Waals surface area contributed by atoms with E-state index < -0.39 is 0 Å². The van der Waals surface area contributed by atoms with Gasteiger partial charge in [-0.1, -0.05) is 69.7 Å². The molecule has 0 N–H and O–H groups in total. The molecule has 0 heteroatoms. The van der Waals surface area contributed by atoms with E-state index in [-0.39, 0.29) is 0 Å². The van der Waals surface area contributed by atoms with E-state index in [1.807, 2.05) is 13.8 Å². The molecule has 0 unspecified atom stereocenters. The Morgan fingerprint density at radius 2 is 1.53 bits per heavy atom. The molecule has 0 saturated heterocycles. The van der Waals surface area contributed by atoms with E-state index in [9.17, 15) is 0 Å². The maximum atomic E-state index is 2.23. The molecule has 0 radical (unpaired) electrons. The molecule has 0 bridgehead atoms. The van der Waals surface area contributed by atoms with Gasteiger partial charge in [-0.15, -0.1) is 0 Å². The lowest BCUT2D eigenvalue weighted by Crippen LogP contribution is -1.84. The molecule has 15 heavy (non-hydrogen) atoms. The lowest BCUT2D eigenvalue weighted by Gasteiger charge is -2.03. The summed E-state index contributed by atoms with van der Waals surface area (Å²) in [7, 11) is 0. The van der Waals surface area contributed by atoms with Crippen molar-refractivity contribution >= 4 is 10.8 Å². The van der Waals surface area contributed by atoms with Crippen LogP contribution in [0.1, 0.15) is 32.8 Å². The Labute approximate surface area is 92.9 Å². The third-order valence-corrected chi connectivity index (χ3v) is 2.40. The number of benzene rings is 2. The molecule has 0 saturated carbocycles. The summed E-state index contributed by atoms with van der Waals surface area (Å²) in [6.45, 7) is 6.22. The highest BCUT2D eigenvalue weighted by Crippen LogP contribution is 2.19. The van der Waals surface area contributed by atoms with E-state index in [1.54, 1.807) is 0 Å². The molecule has 0 aliphatic heterocycles. The Kier molecular flexibility index (Phi) is 4.89. The summed E-state index contributed by atoms with van der Waals surface area (Å²) in [6, 6.07) is 15.1. The minimum atomic E-state index is 1.18. The van der Waals surface area contributed by atoms with Crippen LogP contribution in [-0.2, 0) is 6.42 Å². The van der Waals surface area contributed by atoms with E-state index in [0.29, 0.717) is 0 Å². The second kappa shape index (κ2) is 6.23. The van der Waals surface area contributed by atoms with Crippen LogP contribution in [0.4, 0.5) is 0 Å². The van der Waals surface area contributed by atoms with Gasteiger partial charge in [0.05, 0.1) is 0 Å². The van der Waals surface area contributed by atoms with Gasteiger partial charge in [-0.2, -0.15) is 0 Å². The van der Waals surface area contributed by atoms with E-state index in [1.165, 1.54) is 29.2 Å². The average molecular weight is 200 g/mol. The predicted molar refractivity (Wildman–Crippen MR) is 69.3 cm³/mol. The smallest absolute Gasteiger partial charge is 0.0152 e. The Hall–Kier alpha value is -1.30. The zero-order chi connectivity index (χ0) is 11.1. The molecule has 0 aromatic heterocycles. The summed E-state index contributed by atoms with van der Waals surface area (Å²) >= 11 is 0. The highest BCUT2D eigenvalue weighted by Gasteiger charge is 1.97. The fourth-order valence-electron chi connectivity index (χ4n) is 1.78. The molecule has 0 fully saturated rings. The molecule has 0 aliphatic carbocycles. The zero-order valence-corrected chi connectivity index (χ0v) is 9.96. The van der Waals surface area contributed by atoms with E-state index >= 15 is 0 Å². The van der Waals surface area contributed by atoms with Gasteiger partial charge in [0.15, 0.2) is 0 Å². The first-order valence-electron chi connectivity index (χ1n) is 5.88. The molecule has 0 aliphatic rings. The van der Waals surface area contributed by atoms with E-state index in [4.69, 9.17) is 0 Å². The van der Waals surface area contributed by atoms with Gasteiger partial charge in [-0.25, -0.2) is 0 Å². The molecule has 0 spiro atoms. The molecule has 2 rings (SSSR count). The topological polar surface area (TPSA) is 0 Å². The lowest BCUT2D eigenvalue weighted by molar-refractivity contribution is 0.930. The van der Waals surface area contributed by atoms with Crippen LogP contribution in [-0.4, -0.2) is 0 Å². The monoisotopic (exact) mass is 200 g/mol. The number of hydrogen-bond donors (Lipinski definition) is 0. The van der Waals surface area contributed by atoms with Crippen LogP contribution in [0.25, 0.3) is 10.8 Å². The summed E-state index contributed by atoms with van der Waals surface area (Å²) in [4.78, 5) is 0. The van der Waals surface area contributed by atoms with Crippen LogP contribution < -0.4 is 0 Å². The number of fused-ring (bicyclic) bond motifs is 1. The molecular formula is C15H20. The van der Waals surface area contributed by atoms with Crippen LogP contribution in [0.5, 0.6) is 0 Å². The summed E-state index contributed by atoms with van der Waals surface area (Å²) in [5.74, 6) is 0. The van der Waals surface area contributed by atoms with Gasteiger partial charge in [0.25, 0.3) is 0 Å². The van der Waals surface area contributed by atoms with Crippen LogP contribution in [0, 0.1) is 0 Å². The SMILES string of the molecule is CC.CCCc1cccc2ccccc12. The maximum absolute atomic E-state index is 2.23. The second-order valence-electron chi connectivity index (χ2n) is 3.39. The number of hydrogen-bond acceptors (Lipinski definition) is 0. The molecule has 0 amide bonds. The number of rotatable bonds is 2. The molecule has 80 valence electrons. The van der Waals surface area contributed by atoms with Crippen molar-refractivity contribution in [2.24, 2.45) is 0 Å². The molecule has 0 nitrogen and oxygen atoms in total. The minimum Gasteiger partial charge on any atom is -0.0683 e. The summed E-state index contributed by atoms with van der Waals surface area (Å²) in [5, 5.41) is 2.76. The molecule has 0 heterocycles. The Morgan fingerprint density at radius 3 is 2.27 bits per heavy atom. The minimum absolute atomic E-state index is 1.18. The average Bonchev–Trinajstić information content (AvgIpc) is 2.33. The van der Waals surface area contributed by atoms with E-state index in [2.05, 4.69) is 49.4 Å². The largest absolute Gasteiger partial charge is 0.0683 e. The fraction of sp³-hybridized carbons (Fsp3) is 0.333. The molecule has 2 aromatic rings. The normalized spacial score (nSPS) is 9.53. The quantitative estimate of drug-likeness (QED) is 0.652.